The van der Waals surface area contributed by atoms with Crippen LogP contribution < -0.4 is 10.6 Å². The second-order valence-electron chi connectivity index (χ2n) is 6.10. The van der Waals surface area contributed by atoms with Crippen LogP contribution >= 0.6 is 0 Å². The lowest BCUT2D eigenvalue weighted by molar-refractivity contribution is 0.0847. The summed E-state index contributed by atoms with van der Waals surface area (Å²) < 4.78 is 10.9. The van der Waals surface area contributed by atoms with Gasteiger partial charge in [-0.15, -0.1) is 0 Å². The van der Waals surface area contributed by atoms with Crippen LogP contribution in [0.1, 0.15) is 46.7 Å². The summed E-state index contributed by atoms with van der Waals surface area (Å²) >= 11 is 0. The second-order valence-corrected chi connectivity index (χ2v) is 6.10. The summed E-state index contributed by atoms with van der Waals surface area (Å²) in [6.07, 6.45) is 4.12. The van der Waals surface area contributed by atoms with E-state index in [0.29, 0.717) is 13.1 Å². The lowest BCUT2D eigenvalue weighted by Crippen LogP contribution is -2.34. The summed E-state index contributed by atoms with van der Waals surface area (Å²) in [5, 5.41) is 5.61. The van der Waals surface area contributed by atoms with Gasteiger partial charge in [-0.25, -0.2) is 4.98 Å². The Balaban J connectivity index is 1.52. The standard InChI is InChI=1S/C17H23N3O4/c21-16(18-10-12-4-2-8-23-12)14-6-1-7-15(20-14)17(22)19-11-13-5-3-9-24-13/h1,6-7,12-13H,2-5,8-11H2,(H,18,21)(H,19,22)/t12-,13-/m0/s1. The van der Waals surface area contributed by atoms with Crippen LogP contribution in [0.25, 0.3) is 0 Å². The highest BCUT2D eigenvalue weighted by Crippen LogP contribution is 2.12. The molecule has 2 fully saturated rings. The molecule has 130 valence electrons. The number of nitrogens with one attached hydrogen (secondary N) is 2. The summed E-state index contributed by atoms with van der Waals surface area (Å²) in [6.45, 7) is 2.43. The molecule has 24 heavy (non-hydrogen) atoms. The van der Waals surface area contributed by atoms with E-state index in [-0.39, 0.29) is 35.4 Å². The zero-order valence-corrected chi connectivity index (χ0v) is 13.6. The number of nitrogens with zero attached hydrogens (tertiary/aromatic N) is 1. The third kappa shape index (κ3) is 4.52. The molecule has 0 radical (unpaired) electrons. The first-order valence-electron chi connectivity index (χ1n) is 8.49. The Morgan fingerprint density at radius 2 is 1.46 bits per heavy atom. The van der Waals surface area contributed by atoms with Gasteiger partial charge in [-0.1, -0.05) is 6.07 Å². The van der Waals surface area contributed by atoms with Crippen molar-refractivity contribution in [3.8, 4) is 0 Å². The van der Waals surface area contributed by atoms with Crippen LogP contribution in [0.4, 0.5) is 0 Å². The lowest BCUT2D eigenvalue weighted by atomic mass is 10.2. The molecule has 2 aliphatic heterocycles. The summed E-state index contributed by atoms with van der Waals surface area (Å²) in [4.78, 5) is 28.5. The third-order valence-electron chi connectivity index (χ3n) is 4.24. The van der Waals surface area contributed by atoms with Crippen molar-refractivity contribution in [3.63, 3.8) is 0 Å². The maximum Gasteiger partial charge on any atom is 0.269 e. The topological polar surface area (TPSA) is 89.5 Å². The molecule has 7 heteroatoms. The molecule has 1 aromatic heterocycles. The highest BCUT2D eigenvalue weighted by molar-refractivity contribution is 5.96. The van der Waals surface area contributed by atoms with Crippen LogP contribution in [0.15, 0.2) is 18.2 Å². The van der Waals surface area contributed by atoms with Gasteiger partial charge in [0.05, 0.1) is 12.2 Å². The van der Waals surface area contributed by atoms with Crippen molar-refractivity contribution >= 4 is 11.8 Å². The lowest BCUT2D eigenvalue weighted by Gasteiger charge is -2.12. The number of rotatable bonds is 6. The first-order valence-corrected chi connectivity index (χ1v) is 8.49. The van der Waals surface area contributed by atoms with Crippen molar-refractivity contribution < 1.29 is 19.1 Å². The Labute approximate surface area is 141 Å². The van der Waals surface area contributed by atoms with Gasteiger partial charge in [0.1, 0.15) is 11.4 Å². The minimum Gasteiger partial charge on any atom is -0.376 e. The zero-order valence-electron chi connectivity index (χ0n) is 13.6. The molecule has 0 saturated carbocycles. The largest absolute Gasteiger partial charge is 0.376 e. The average molecular weight is 333 g/mol. The highest BCUT2D eigenvalue weighted by Gasteiger charge is 2.19. The number of ether oxygens (including phenoxy) is 2. The SMILES string of the molecule is O=C(NC[C@@H]1CCCO1)c1cccc(C(=O)NC[C@@H]2CCCO2)n1. The molecule has 0 aliphatic carbocycles. The molecular formula is C17H23N3O4. The Kier molecular flexibility index (Phi) is 5.77. The van der Waals surface area contributed by atoms with Crippen molar-refractivity contribution in [1.29, 1.82) is 0 Å². The summed E-state index contributed by atoms with van der Waals surface area (Å²) in [7, 11) is 0. The van der Waals surface area contributed by atoms with E-state index in [1.807, 2.05) is 0 Å². The van der Waals surface area contributed by atoms with Gasteiger partial charge in [-0.2, -0.15) is 0 Å². The van der Waals surface area contributed by atoms with Crippen molar-refractivity contribution in [2.45, 2.75) is 37.9 Å². The Morgan fingerprint density at radius 1 is 0.958 bits per heavy atom. The minimum atomic E-state index is -0.292. The van der Waals surface area contributed by atoms with Gasteiger partial charge in [0, 0.05) is 26.3 Å². The van der Waals surface area contributed by atoms with Crippen LogP contribution in [0.2, 0.25) is 0 Å². The van der Waals surface area contributed by atoms with E-state index < -0.39 is 0 Å². The Morgan fingerprint density at radius 3 is 1.88 bits per heavy atom. The number of pyridine rings is 1. The molecule has 2 saturated heterocycles. The predicted octanol–water partition coefficient (Wildman–Crippen LogP) is 0.899. The van der Waals surface area contributed by atoms with E-state index in [0.717, 1.165) is 38.9 Å². The van der Waals surface area contributed by atoms with Crippen molar-refractivity contribution in [3.05, 3.63) is 29.6 Å². The first-order chi connectivity index (χ1) is 11.7. The minimum absolute atomic E-state index is 0.0758. The van der Waals surface area contributed by atoms with Gasteiger partial charge in [0.2, 0.25) is 0 Å². The van der Waals surface area contributed by atoms with Gasteiger partial charge < -0.3 is 20.1 Å². The van der Waals surface area contributed by atoms with E-state index >= 15 is 0 Å². The summed E-state index contributed by atoms with van der Waals surface area (Å²) in [5.74, 6) is -0.585. The van der Waals surface area contributed by atoms with Gasteiger partial charge in [0.25, 0.3) is 11.8 Å². The molecular weight excluding hydrogens is 310 g/mol. The van der Waals surface area contributed by atoms with Crippen molar-refractivity contribution in [2.24, 2.45) is 0 Å². The molecule has 0 unspecified atom stereocenters. The van der Waals surface area contributed by atoms with Gasteiger partial charge >= 0.3 is 0 Å². The number of amides is 2. The summed E-state index contributed by atoms with van der Waals surface area (Å²) in [5.41, 5.74) is 0.468. The molecule has 0 spiro atoms. The summed E-state index contributed by atoms with van der Waals surface area (Å²) in [6, 6.07) is 4.86. The monoisotopic (exact) mass is 333 g/mol. The quantitative estimate of drug-likeness (QED) is 0.807. The third-order valence-corrected chi connectivity index (χ3v) is 4.24. The first kappa shape index (κ1) is 16.9. The average Bonchev–Trinajstić information content (AvgIpc) is 3.31. The predicted molar refractivity (Wildman–Crippen MR) is 86.9 cm³/mol. The number of hydrogen-bond donors (Lipinski definition) is 2. The molecule has 3 rings (SSSR count). The van der Waals surface area contributed by atoms with E-state index in [4.69, 9.17) is 9.47 Å². The number of hydrogen-bond acceptors (Lipinski definition) is 5. The normalized spacial score (nSPS) is 23.2. The number of aromatic nitrogens is 1. The smallest absolute Gasteiger partial charge is 0.269 e. The molecule has 2 amide bonds. The van der Waals surface area contributed by atoms with Crippen LogP contribution in [-0.2, 0) is 9.47 Å². The van der Waals surface area contributed by atoms with E-state index in [9.17, 15) is 9.59 Å². The van der Waals surface area contributed by atoms with Gasteiger partial charge in [-0.3, -0.25) is 9.59 Å². The van der Waals surface area contributed by atoms with E-state index in [2.05, 4.69) is 15.6 Å². The Hall–Kier alpha value is -1.99. The Bertz CT molecular complexity index is 534. The molecule has 0 aromatic carbocycles. The van der Waals surface area contributed by atoms with Gasteiger partial charge in [-0.05, 0) is 37.8 Å². The molecule has 2 aliphatic rings. The maximum absolute atomic E-state index is 12.2. The van der Waals surface area contributed by atoms with Gasteiger partial charge in [0.15, 0.2) is 0 Å². The van der Waals surface area contributed by atoms with Crippen molar-refractivity contribution in [1.82, 2.24) is 15.6 Å². The van der Waals surface area contributed by atoms with E-state index in [1.54, 1.807) is 18.2 Å². The van der Waals surface area contributed by atoms with Crippen LogP contribution in [-0.4, -0.2) is 55.3 Å². The zero-order chi connectivity index (χ0) is 16.8. The van der Waals surface area contributed by atoms with Crippen LogP contribution in [0.3, 0.4) is 0 Å². The molecule has 2 N–H and O–H groups in total. The van der Waals surface area contributed by atoms with Crippen LogP contribution in [0, 0.1) is 0 Å². The maximum atomic E-state index is 12.2. The highest BCUT2D eigenvalue weighted by atomic mass is 16.5. The van der Waals surface area contributed by atoms with Crippen molar-refractivity contribution in [2.75, 3.05) is 26.3 Å². The fourth-order valence-electron chi connectivity index (χ4n) is 2.89. The molecule has 1 aromatic rings. The number of carbonyl (C=O) groups excluding carboxylic acids is 2. The number of carbonyl (C=O) groups is 2. The molecule has 0 bridgehead atoms. The fourth-order valence-corrected chi connectivity index (χ4v) is 2.89. The fraction of sp³-hybridized carbons (Fsp3) is 0.588. The second kappa shape index (κ2) is 8.21. The molecule has 2 atom stereocenters. The molecule has 3 heterocycles. The van der Waals surface area contributed by atoms with E-state index in [1.165, 1.54) is 0 Å². The van der Waals surface area contributed by atoms with Crippen LogP contribution in [0.5, 0.6) is 0 Å². The molecule has 7 nitrogen and oxygen atoms in total.